The Morgan fingerprint density at radius 2 is 2.25 bits per heavy atom. The van der Waals surface area contributed by atoms with E-state index in [0.29, 0.717) is 16.7 Å². The maximum absolute atomic E-state index is 11.6. The molecule has 0 unspecified atom stereocenters. The molecule has 0 atom stereocenters. The van der Waals surface area contributed by atoms with Crippen molar-refractivity contribution < 1.29 is 0 Å². The first-order valence-corrected chi connectivity index (χ1v) is 7.67. The first-order valence-electron chi connectivity index (χ1n) is 6.47. The Balaban J connectivity index is 2.31. The van der Waals surface area contributed by atoms with Crippen LogP contribution in [0.5, 0.6) is 0 Å². The van der Waals surface area contributed by atoms with Gasteiger partial charge in [0.05, 0.1) is 0 Å². The summed E-state index contributed by atoms with van der Waals surface area (Å²) in [6, 6.07) is 5.77. The highest BCUT2D eigenvalue weighted by Gasteiger charge is 2.11. The van der Waals surface area contributed by atoms with Crippen molar-refractivity contribution in [2.75, 3.05) is 6.54 Å². The van der Waals surface area contributed by atoms with Gasteiger partial charge in [0, 0.05) is 23.0 Å². The first kappa shape index (κ1) is 15.2. The van der Waals surface area contributed by atoms with Gasteiger partial charge in [-0.2, -0.15) is 0 Å². The van der Waals surface area contributed by atoms with Gasteiger partial charge in [0.15, 0.2) is 5.16 Å². The number of aromatic nitrogens is 3. The summed E-state index contributed by atoms with van der Waals surface area (Å²) in [6.07, 6.45) is 0. The molecule has 0 aliphatic rings. The molecule has 2 rings (SSSR count). The van der Waals surface area contributed by atoms with E-state index >= 15 is 0 Å². The fourth-order valence-corrected chi connectivity index (χ4v) is 3.09. The average Bonchev–Trinajstić information content (AvgIpc) is 2.78. The molecule has 0 fully saturated rings. The van der Waals surface area contributed by atoms with E-state index < -0.39 is 0 Å². The number of benzene rings is 1. The molecule has 0 amide bonds. The molecule has 5 nitrogen and oxygen atoms in total. The van der Waals surface area contributed by atoms with Crippen LogP contribution in [-0.2, 0) is 13.1 Å². The molecule has 1 heterocycles. The SMILES string of the molecule is CCNCc1ccc(Cl)cc1Sc1n[nH]c(=O)n1CC. The lowest BCUT2D eigenvalue weighted by Gasteiger charge is -2.10. The largest absolute Gasteiger partial charge is 0.343 e. The highest BCUT2D eigenvalue weighted by molar-refractivity contribution is 7.99. The van der Waals surface area contributed by atoms with Gasteiger partial charge in [-0.05, 0) is 42.9 Å². The minimum atomic E-state index is -0.190. The molecule has 0 radical (unpaired) electrons. The second kappa shape index (κ2) is 6.97. The molecule has 0 saturated carbocycles. The van der Waals surface area contributed by atoms with Gasteiger partial charge >= 0.3 is 5.69 Å². The number of rotatable bonds is 6. The highest BCUT2D eigenvalue weighted by Crippen LogP contribution is 2.30. The second-order valence-corrected chi connectivity index (χ2v) is 5.64. The summed E-state index contributed by atoms with van der Waals surface area (Å²) in [4.78, 5) is 12.6. The molecule has 0 bridgehead atoms. The Morgan fingerprint density at radius 1 is 1.45 bits per heavy atom. The number of hydrogen-bond donors (Lipinski definition) is 2. The Labute approximate surface area is 126 Å². The molecule has 20 heavy (non-hydrogen) atoms. The summed E-state index contributed by atoms with van der Waals surface area (Å²) >= 11 is 7.51. The van der Waals surface area contributed by atoms with Crippen molar-refractivity contribution in [2.45, 2.75) is 37.0 Å². The lowest BCUT2D eigenvalue weighted by Crippen LogP contribution is -2.16. The van der Waals surface area contributed by atoms with Gasteiger partial charge in [0.25, 0.3) is 0 Å². The minimum absolute atomic E-state index is 0.190. The van der Waals surface area contributed by atoms with Gasteiger partial charge in [-0.3, -0.25) is 4.57 Å². The fourth-order valence-electron chi connectivity index (χ4n) is 1.79. The molecule has 0 saturated heterocycles. The molecule has 0 aliphatic heterocycles. The molecule has 0 spiro atoms. The molecule has 108 valence electrons. The number of H-pyrrole nitrogens is 1. The summed E-state index contributed by atoms with van der Waals surface area (Å²) in [7, 11) is 0. The molecular formula is C13H17ClN4OS. The minimum Gasteiger partial charge on any atom is -0.313 e. The van der Waals surface area contributed by atoms with Gasteiger partial charge in [0.2, 0.25) is 0 Å². The molecule has 2 N–H and O–H groups in total. The van der Waals surface area contributed by atoms with Crippen LogP contribution < -0.4 is 11.0 Å². The second-order valence-electron chi connectivity index (χ2n) is 4.19. The van der Waals surface area contributed by atoms with E-state index in [4.69, 9.17) is 11.6 Å². The van der Waals surface area contributed by atoms with Crippen LogP contribution in [0.15, 0.2) is 33.0 Å². The molecular weight excluding hydrogens is 296 g/mol. The summed E-state index contributed by atoms with van der Waals surface area (Å²) in [6.45, 7) is 6.22. The van der Waals surface area contributed by atoms with E-state index in [-0.39, 0.29) is 5.69 Å². The van der Waals surface area contributed by atoms with Crippen LogP contribution in [0, 0.1) is 0 Å². The van der Waals surface area contributed by atoms with Crippen molar-refractivity contribution in [2.24, 2.45) is 0 Å². The van der Waals surface area contributed by atoms with Crippen molar-refractivity contribution in [1.82, 2.24) is 20.1 Å². The molecule has 1 aromatic carbocycles. The maximum Gasteiger partial charge on any atom is 0.343 e. The topological polar surface area (TPSA) is 62.7 Å². The van der Waals surface area contributed by atoms with E-state index in [2.05, 4.69) is 22.4 Å². The average molecular weight is 313 g/mol. The van der Waals surface area contributed by atoms with Crippen molar-refractivity contribution in [1.29, 1.82) is 0 Å². The van der Waals surface area contributed by atoms with Crippen LogP contribution in [0.3, 0.4) is 0 Å². The Bertz CT molecular complexity index is 638. The van der Waals surface area contributed by atoms with Gasteiger partial charge in [-0.25, -0.2) is 9.89 Å². The normalized spacial score (nSPS) is 10.9. The van der Waals surface area contributed by atoms with Gasteiger partial charge in [-0.15, -0.1) is 5.10 Å². The number of aromatic amines is 1. The fraction of sp³-hybridized carbons (Fsp3) is 0.385. The molecule has 0 aliphatic carbocycles. The van der Waals surface area contributed by atoms with E-state index in [1.807, 2.05) is 25.1 Å². The zero-order valence-corrected chi connectivity index (χ0v) is 13.0. The first-order chi connectivity index (χ1) is 9.65. The van der Waals surface area contributed by atoms with E-state index in [9.17, 15) is 4.79 Å². The zero-order valence-electron chi connectivity index (χ0n) is 11.4. The lowest BCUT2D eigenvalue weighted by atomic mass is 10.2. The van der Waals surface area contributed by atoms with Crippen LogP contribution in [0.1, 0.15) is 19.4 Å². The number of nitrogens with zero attached hydrogens (tertiary/aromatic N) is 2. The maximum atomic E-state index is 11.6. The zero-order chi connectivity index (χ0) is 14.5. The number of nitrogens with one attached hydrogen (secondary N) is 2. The third-order valence-corrected chi connectivity index (χ3v) is 4.16. The van der Waals surface area contributed by atoms with Crippen LogP contribution in [0.25, 0.3) is 0 Å². The summed E-state index contributed by atoms with van der Waals surface area (Å²) in [5, 5.41) is 11.1. The van der Waals surface area contributed by atoms with Crippen LogP contribution in [-0.4, -0.2) is 21.3 Å². The van der Waals surface area contributed by atoms with E-state index in [0.717, 1.165) is 23.5 Å². The third kappa shape index (κ3) is 3.45. The summed E-state index contributed by atoms with van der Waals surface area (Å²) < 4.78 is 1.60. The number of hydrogen-bond acceptors (Lipinski definition) is 4. The summed E-state index contributed by atoms with van der Waals surface area (Å²) in [5.74, 6) is 0. The van der Waals surface area contributed by atoms with E-state index in [1.54, 1.807) is 4.57 Å². The van der Waals surface area contributed by atoms with Gasteiger partial charge in [-0.1, -0.05) is 24.6 Å². The Morgan fingerprint density at radius 3 is 2.95 bits per heavy atom. The molecule has 2 aromatic rings. The highest BCUT2D eigenvalue weighted by atomic mass is 35.5. The lowest BCUT2D eigenvalue weighted by molar-refractivity contribution is 0.660. The standard InChI is InChI=1S/C13H17ClN4OS/c1-3-15-8-9-5-6-10(14)7-11(9)20-13-17-16-12(19)18(13)4-2/h5-7,15H,3-4,8H2,1-2H3,(H,16,19). The Kier molecular flexibility index (Phi) is 5.28. The van der Waals surface area contributed by atoms with Crippen molar-refractivity contribution in [3.8, 4) is 0 Å². The van der Waals surface area contributed by atoms with Crippen LogP contribution >= 0.6 is 23.4 Å². The number of halogens is 1. The van der Waals surface area contributed by atoms with Crippen LogP contribution in [0.2, 0.25) is 5.02 Å². The molecule has 7 heteroatoms. The summed E-state index contributed by atoms with van der Waals surface area (Å²) in [5.41, 5.74) is 0.949. The van der Waals surface area contributed by atoms with Crippen LogP contribution in [0.4, 0.5) is 0 Å². The van der Waals surface area contributed by atoms with Crippen molar-refractivity contribution >= 4 is 23.4 Å². The predicted octanol–water partition coefficient (Wildman–Crippen LogP) is 2.51. The predicted molar refractivity (Wildman–Crippen MR) is 81.5 cm³/mol. The third-order valence-electron chi connectivity index (χ3n) is 2.84. The smallest absolute Gasteiger partial charge is 0.313 e. The molecule has 1 aromatic heterocycles. The monoisotopic (exact) mass is 312 g/mol. The van der Waals surface area contributed by atoms with Crippen molar-refractivity contribution in [3.63, 3.8) is 0 Å². The van der Waals surface area contributed by atoms with Gasteiger partial charge in [0.1, 0.15) is 0 Å². The quantitative estimate of drug-likeness (QED) is 0.860. The van der Waals surface area contributed by atoms with E-state index in [1.165, 1.54) is 11.8 Å². The Hall–Kier alpha value is -1.24. The van der Waals surface area contributed by atoms with Gasteiger partial charge < -0.3 is 5.32 Å². The van der Waals surface area contributed by atoms with Crippen molar-refractivity contribution in [3.05, 3.63) is 39.3 Å².